The van der Waals surface area contributed by atoms with E-state index in [-0.39, 0.29) is 16.8 Å². The zero-order valence-electron chi connectivity index (χ0n) is 14.4. The second-order valence-corrected chi connectivity index (χ2v) is 9.08. The molecule has 0 atom stereocenters. The molecule has 1 aliphatic carbocycles. The number of hydrogen-bond acceptors (Lipinski definition) is 4. The van der Waals surface area contributed by atoms with Crippen LogP contribution in [0.2, 0.25) is 0 Å². The summed E-state index contributed by atoms with van der Waals surface area (Å²) < 4.78 is 27.1. The highest BCUT2D eigenvalue weighted by molar-refractivity contribution is 7.99. The lowest BCUT2D eigenvalue weighted by Crippen LogP contribution is -2.27. The summed E-state index contributed by atoms with van der Waals surface area (Å²) in [5, 5.41) is 2.85. The van der Waals surface area contributed by atoms with Crippen molar-refractivity contribution in [3.8, 4) is 0 Å². The number of sulfonamides is 1. The van der Waals surface area contributed by atoms with Gasteiger partial charge in [0.1, 0.15) is 0 Å². The molecule has 0 saturated heterocycles. The zero-order chi connectivity index (χ0) is 18.4. The van der Waals surface area contributed by atoms with Crippen molar-refractivity contribution in [2.45, 2.75) is 35.1 Å². The number of amides is 1. The molecule has 3 rings (SSSR count). The number of hydrogen-bond donors (Lipinski definition) is 2. The fourth-order valence-corrected chi connectivity index (χ4v) is 4.60. The van der Waals surface area contributed by atoms with Gasteiger partial charge in [0.25, 0.3) is 5.91 Å². The Balaban J connectivity index is 1.47. The fraction of sp³-hybridized carbons (Fsp3) is 0.316. The molecule has 5 nitrogen and oxygen atoms in total. The Hall–Kier alpha value is -1.83. The molecule has 0 spiro atoms. The summed E-state index contributed by atoms with van der Waals surface area (Å²) in [5.41, 5.74) is 0.361. The van der Waals surface area contributed by atoms with Crippen LogP contribution in [-0.2, 0) is 10.0 Å². The Morgan fingerprint density at radius 2 is 1.85 bits per heavy atom. The van der Waals surface area contributed by atoms with E-state index in [2.05, 4.69) is 22.2 Å². The molecule has 1 aliphatic rings. The van der Waals surface area contributed by atoms with Crippen molar-refractivity contribution in [3.05, 3.63) is 60.2 Å². The highest BCUT2D eigenvalue weighted by atomic mass is 32.2. The number of thioether (sulfide) groups is 1. The van der Waals surface area contributed by atoms with Gasteiger partial charge in [0.2, 0.25) is 10.0 Å². The van der Waals surface area contributed by atoms with E-state index in [9.17, 15) is 13.2 Å². The predicted molar refractivity (Wildman–Crippen MR) is 104 cm³/mol. The van der Waals surface area contributed by atoms with Crippen LogP contribution in [0.25, 0.3) is 0 Å². The van der Waals surface area contributed by atoms with Crippen LogP contribution in [0.15, 0.2) is 64.4 Å². The highest BCUT2D eigenvalue weighted by Crippen LogP contribution is 2.22. The number of benzene rings is 2. The summed E-state index contributed by atoms with van der Waals surface area (Å²) in [6.07, 6.45) is 2.59. The first kappa shape index (κ1) is 18.9. The minimum absolute atomic E-state index is 0.0413. The summed E-state index contributed by atoms with van der Waals surface area (Å²) in [6, 6.07) is 16.3. The fourth-order valence-electron chi connectivity index (χ4n) is 2.38. The van der Waals surface area contributed by atoms with Gasteiger partial charge in [-0.1, -0.05) is 24.3 Å². The average molecular weight is 391 g/mol. The van der Waals surface area contributed by atoms with E-state index in [0.29, 0.717) is 12.1 Å². The third kappa shape index (κ3) is 5.59. The van der Waals surface area contributed by atoms with Crippen molar-refractivity contribution in [3.63, 3.8) is 0 Å². The van der Waals surface area contributed by atoms with Gasteiger partial charge in [-0.2, -0.15) is 0 Å². The largest absolute Gasteiger partial charge is 0.352 e. The van der Waals surface area contributed by atoms with Gasteiger partial charge in [0.15, 0.2) is 0 Å². The summed E-state index contributed by atoms with van der Waals surface area (Å²) >= 11 is 1.75. The monoisotopic (exact) mass is 390 g/mol. The SMILES string of the molecule is O=C(NCCCSc1ccccc1)c1cccc(S(=O)(=O)NC2CC2)c1. The van der Waals surface area contributed by atoms with Gasteiger partial charge >= 0.3 is 0 Å². The van der Waals surface area contributed by atoms with E-state index in [1.54, 1.807) is 23.9 Å². The number of nitrogens with one attached hydrogen (secondary N) is 2. The quantitative estimate of drug-likeness (QED) is 0.510. The van der Waals surface area contributed by atoms with Gasteiger partial charge in [0.05, 0.1) is 4.90 Å². The number of carbonyl (C=O) groups is 1. The maximum absolute atomic E-state index is 12.3. The predicted octanol–water partition coefficient (Wildman–Crippen LogP) is 3.04. The lowest BCUT2D eigenvalue weighted by Gasteiger charge is -2.08. The van der Waals surface area contributed by atoms with Gasteiger partial charge in [-0.15, -0.1) is 11.8 Å². The van der Waals surface area contributed by atoms with Crippen molar-refractivity contribution in [2.24, 2.45) is 0 Å². The molecule has 2 N–H and O–H groups in total. The molecule has 7 heteroatoms. The minimum Gasteiger partial charge on any atom is -0.352 e. The molecule has 0 bridgehead atoms. The standard InChI is InChI=1S/C19H22N2O3S2/c22-19(20-12-5-13-25-17-7-2-1-3-8-17)15-6-4-9-18(14-15)26(23,24)21-16-10-11-16/h1-4,6-9,14,16,21H,5,10-13H2,(H,20,22). The topological polar surface area (TPSA) is 75.3 Å². The Bertz CT molecular complexity index is 850. The van der Waals surface area contributed by atoms with Crippen molar-refractivity contribution in [2.75, 3.05) is 12.3 Å². The van der Waals surface area contributed by atoms with Crippen molar-refractivity contribution in [1.29, 1.82) is 0 Å². The summed E-state index contributed by atoms with van der Waals surface area (Å²) in [7, 11) is -3.55. The first-order chi connectivity index (χ1) is 12.5. The van der Waals surface area contributed by atoms with Crippen LogP contribution in [-0.4, -0.2) is 32.7 Å². The molecule has 0 aliphatic heterocycles. The van der Waals surface area contributed by atoms with Gasteiger partial charge in [-0.25, -0.2) is 13.1 Å². The first-order valence-corrected chi connectivity index (χ1v) is 11.1. The molecule has 1 fully saturated rings. The Morgan fingerprint density at radius 3 is 2.58 bits per heavy atom. The molecule has 0 aromatic heterocycles. The molecular formula is C19H22N2O3S2. The van der Waals surface area contributed by atoms with E-state index >= 15 is 0 Å². The molecule has 138 valence electrons. The number of carbonyl (C=O) groups excluding carboxylic acids is 1. The van der Waals surface area contributed by atoms with Gasteiger partial charge in [-0.05, 0) is 55.3 Å². The smallest absolute Gasteiger partial charge is 0.251 e. The maximum atomic E-state index is 12.3. The Kier molecular flexibility index (Phi) is 6.34. The van der Waals surface area contributed by atoms with Crippen LogP contribution in [0.5, 0.6) is 0 Å². The summed E-state index contributed by atoms with van der Waals surface area (Å²) in [6.45, 7) is 0.552. The van der Waals surface area contributed by atoms with Crippen LogP contribution >= 0.6 is 11.8 Å². The zero-order valence-corrected chi connectivity index (χ0v) is 16.0. The lowest BCUT2D eigenvalue weighted by atomic mass is 10.2. The third-order valence-corrected chi connectivity index (χ3v) is 6.54. The van der Waals surface area contributed by atoms with Crippen LogP contribution in [0.3, 0.4) is 0 Å². The average Bonchev–Trinajstić information content (AvgIpc) is 3.45. The summed E-state index contributed by atoms with van der Waals surface area (Å²) in [4.78, 5) is 13.6. The van der Waals surface area contributed by atoms with E-state index in [4.69, 9.17) is 0 Å². The van der Waals surface area contributed by atoms with E-state index in [1.165, 1.54) is 17.0 Å². The molecule has 1 saturated carbocycles. The second kappa shape index (κ2) is 8.70. The van der Waals surface area contributed by atoms with Crippen LogP contribution < -0.4 is 10.0 Å². The van der Waals surface area contributed by atoms with E-state index in [0.717, 1.165) is 25.0 Å². The van der Waals surface area contributed by atoms with Gasteiger partial charge < -0.3 is 5.32 Å². The first-order valence-electron chi connectivity index (χ1n) is 8.63. The molecule has 2 aromatic rings. The van der Waals surface area contributed by atoms with Crippen LogP contribution in [0.4, 0.5) is 0 Å². The molecule has 0 radical (unpaired) electrons. The molecule has 0 unspecified atom stereocenters. The second-order valence-electron chi connectivity index (χ2n) is 6.19. The van der Waals surface area contributed by atoms with Crippen LogP contribution in [0.1, 0.15) is 29.6 Å². The highest BCUT2D eigenvalue weighted by Gasteiger charge is 2.28. The molecular weight excluding hydrogens is 368 g/mol. The van der Waals surface area contributed by atoms with Crippen molar-refractivity contribution >= 4 is 27.7 Å². The lowest BCUT2D eigenvalue weighted by molar-refractivity contribution is 0.0953. The summed E-state index contributed by atoms with van der Waals surface area (Å²) in [5.74, 6) is 0.655. The van der Waals surface area contributed by atoms with Gasteiger partial charge in [0, 0.05) is 23.0 Å². The maximum Gasteiger partial charge on any atom is 0.251 e. The molecule has 2 aromatic carbocycles. The van der Waals surface area contributed by atoms with Crippen LogP contribution in [0, 0.1) is 0 Å². The molecule has 0 heterocycles. The Morgan fingerprint density at radius 1 is 1.08 bits per heavy atom. The van der Waals surface area contributed by atoms with E-state index < -0.39 is 10.0 Å². The third-order valence-electron chi connectivity index (χ3n) is 3.92. The van der Waals surface area contributed by atoms with Gasteiger partial charge in [-0.3, -0.25) is 4.79 Å². The minimum atomic E-state index is -3.55. The van der Waals surface area contributed by atoms with Crippen molar-refractivity contribution < 1.29 is 13.2 Å². The Labute approximate surface area is 158 Å². The normalized spacial score (nSPS) is 14.2. The molecule has 26 heavy (non-hydrogen) atoms. The number of rotatable bonds is 9. The van der Waals surface area contributed by atoms with E-state index in [1.807, 2.05) is 18.2 Å². The van der Waals surface area contributed by atoms with Crippen molar-refractivity contribution in [1.82, 2.24) is 10.0 Å². The molecule has 1 amide bonds.